The summed E-state index contributed by atoms with van der Waals surface area (Å²) in [6.07, 6.45) is 5.35. The van der Waals surface area contributed by atoms with E-state index in [2.05, 4.69) is 34.1 Å². The zero-order chi connectivity index (χ0) is 29.2. The Balaban J connectivity index is 1.91. The third kappa shape index (κ3) is 7.16. The van der Waals surface area contributed by atoms with Gasteiger partial charge in [-0.25, -0.2) is 9.78 Å². The number of anilines is 2. The van der Waals surface area contributed by atoms with Gasteiger partial charge in [0.2, 0.25) is 11.8 Å². The zero-order valence-corrected chi connectivity index (χ0v) is 24.5. The number of H-pyrrole nitrogens is 1. The van der Waals surface area contributed by atoms with Crippen LogP contribution in [0.25, 0.3) is 11.1 Å². The molecule has 10 nitrogen and oxygen atoms in total. The first-order valence-corrected chi connectivity index (χ1v) is 14.2. The van der Waals surface area contributed by atoms with E-state index in [0.717, 1.165) is 43.5 Å². The second-order valence-electron chi connectivity index (χ2n) is 9.74. The number of hydrogen-bond acceptors (Lipinski definition) is 8. The van der Waals surface area contributed by atoms with Crippen LogP contribution in [0.3, 0.4) is 0 Å². The molecular weight excluding hydrogens is 508 g/mol. The van der Waals surface area contributed by atoms with Crippen molar-refractivity contribution in [3.63, 3.8) is 0 Å². The van der Waals surface area contributed by atoms with Gasteiger partial charge in [0, 0.05) is 37.7 Å². The number of carbonyl (C=O) groups is 1. The third-order valence-electron chi connectivity index (χ3n) is 7.18. The Morgan fingerprint density at radius 1 is 1.07 bits per heavy atom. The Labute approximate surface area is 236 Å². The number of aryl methyl sites for hydroxylation is 1. The van der Waals surface area contributed by atoms with Crippen LogP contribution in [0.5, 0.6) is 5.88 Å². The first kappa shape index (κ1) is 30.6. The molecule has 3 rings (SSSR count). The van der Waals surface area contributed by atoms with Crippen LogP contribution in [0.15, 0.2) is 35.3 Å². The van der Waals surface area contributed by atoms with Crippen molar-refractivity contribution in [2.75, 3.05) is 30.4 Å². The molecule has 10 heteroatoms. The molecule has 1 atom stereocenters. The normalized spacial score (nSPS) is 11.9. The largest absolute Gasteiger partial charge is 0.480 e. The SMILES string of the molecule is CCCc1nc(OC)c(-c2ccc(C[C@H](Nc3nc(N(CC)CC)ncc3C(CC)CC)C(=O)O)cc2)c(=O)[nH]1. The Hall–Kier alpha value is -3.95. The maximum atomic E-state index is 12.8. The van der Waals surface area contributed by atoms with Crippen LogP contribution >= 0.6 is 0 Å². The molecule has 0 spiro atoms. The van der Waals surface area contributed by atoms with E-state index in [1.54, 1.807) is 12.1 Å². The number of aromatic amines is 1. The van der Waals surface area contributed by atoms with Crippen molar-refractivity contribution < 1.29 is 14.6 Å². The summed E-state index contributed by atoms with van der Waals surface area (Å²) in [4.78, 5) is 43.9. The lowest BCUT2D eigenvalue weighted by Gasteiger charge is -2.24. The van der Waals surface area contributed by atoms with Crippen molar-refractivity contribution in [2.24, 2.45) is 0 Å². The van der Waals surface area contributed by atoms with Gasteiger partial charge in [-0.05, 0) is 50.2 Å². The van der Waals surface area contributed by atoms with E-state index >= 15 is 0 Å². The quantitative estimate of drug-likeness (QED) is 0.238. The van der Waals surface area contributed by atoms with Gasteiger partial charge in [-0.2, -0.15) is 9.97 Å². The van der Waals surface area contributed by atoms with Gasteiger partial charge in [-0.3, -0.25) is 4.79 Å². The van der Waals surface area contributed by atoms with E-state index in [-0.39, 0.29) is 23.8 Å². The van der Waals surface area contributed by atoms with E-state index in [1.807, 2.05) is 44.0 Å². The number of hydrogen-bond donors (Lipinski definition) is 3. The van der Waals surface area contributed by atoms with Crippen LogP contribution in [0.4, 0.5) is 11.8 Å². The summed E-state index contributed by atoms with van der Waals surface area (Å²) in [5, 5.41) is 13.3. The van der Waals surface area contributed by atoms with Crippen LogP contribution in [0.2, 0.25) is 0 Å². The average Bonchev–Trinajstić information content (AvgIpc) is 2.95. The number of ether oxygens (including phenoxy) is 1. The summed E-state index contributed by atoms with van der Waals surface area (Å²) in [7, 11) is 1.49. The summed E-state index contributed by atoms with van der Waals surface area (Å²) in [6.45, 7) is 11.8. The molecule has 2 aromatic heterocycles. The Morgan fingerprint density at radius 3 is 2.30 bits per heavy atom. The molecule has 0 radical (unpaired) electrons. The summed E-state index contributed by atoms with van der Waals surface area (Å²) in [6, 6.07) is 6.33. The molecule has 3 aromatic rings. The van der Waals surface area contributed by atoms with Crippen LogP contribution in [0, 0.1) is 0 Å². The molecule has 0 unspecified atom stereocenters. The molecule has 2 heterocycles. The van der Waals surface area contributed by atoms with E-state index in [1.165, 1.54) is 7.11 Å². The van der Waals surface area contributed by atoms with Crippen LogP contribution in [0.1, 0.15) is 76.8 Å². The van der Waals surface area contributed by atoms with E-state index in [4.69, 9.17) is 9.72 Å². The number of aliphatic carboxylic acids is 1. The first-order valence-electron chi connectivity index (χ1n) is 14.2. The van der Waals surface area contributed by atoms with Crippen molar-refractivity contribution in [1.29, 1.82) is 0 Å². The van der Waals surface area contributed by atoms with Crippen LogP contribution in [-0.4, -0.2) is 57.3 Å². The maximum absolute atomic E-state index is 12.8. The number of benzene rings is 1. The second-order valence-corrected chi connectivity index (χ2v) is 9.74. The van der Waals surface area contributed by atoms with Crippen molar-refractivity contribution in [1.82, 2.24) is 19.9 Å². The lowest BCUT2D eigenvalue weighted by molar-refractivity contribution is -0.137. The zero-order valence-electron chi connectivity index (χ0n) is 24.5. The monoisotopic (exact) mass is 550 g/mol. The topological polar surface area (TPSA) is 133 Å². The number of carboxylic acid groups (broad SMARTS) is 1. The summed E-state index contributed by atoms with van der Waals surface area (Å²) in [5.41, 5.74) is 2.45. The predicted molar refractivity (Wildman–Crippen MR) is 159 cm³/mol. The van der Waals surface area contributed by atoms with Gasteiger partial charge in [0.05, 0.1) is 7.11 Å². The number of nitrogens with one attached hydrogen (secondary N) is 2. The Kier molecular flexibility index (Phi) is 11.0. The van der Waals surface area contributed by atoms with Crippen molar-refractivity contribution >= 4 is 17.7 Å². The summed E-state index contributed by atoms with van der Waals surface area (Å²) >= 11 is 0. The molecule has 0 aliphatic carbocycles. The average molecular weight is 551 g/mol. The summed E-state index contributed by atoms with van der Waals surface area (Å²) < 4.78 is 5.42. The standard InChI is InChI=1S/C30H42N6O4/c1-7-12-24-33-27(37)25(28(34-24)40-6)21-15-13-19(14-16-21)17-23(29(38)39)32-26-22(20(8-2)9-3)18-31-30(35-26)36(10-4)11-5/h13-16,18,20,23H,7-12,17H2,1-6H3,(H,38,39)(H,31,32,35)(H,33,34,37)/t23-/m0/s1. The molecular formula is C30H42N6O4. The Bertz CT molecular complexity index is 1320. The molecule has 0 bridgehead atoms. The van der Waals surface area contributed by atoms with Gasteiger partial charge in [0.25, 0.3) is 5.56 Å². The molecule has 0 saturated heterocycles. The predicted octanol–water partition coefficient (Wildman–Crippen LogP) is 5.05. The maximum Gasteiger partial charge on any atom is 0.326 e. The minimum absolute atomic E-state index is 0.215. The van der Waals surface area contributed by atoms with Crippen molar-refractivity contribution in [3.05, 3.63) is 57.8 Å². The van der Waals surface area contributed by atoms with Gasteiger partial charge >= 0.3 is 5.97 Å². The highest BCUT2D eigenvalue weighted by Crippen LogP contribution is 2.30. The molecule has 0 aliphatic rings. The molecule has 0 fully saturated rings. The molecule has 0 amide bonds. The van der Waals surface area contributed by atoms with Crippen molar-refractivity contribution in [2.45, 2.75) is 78.7 Å². The lowest BCUT2D eigenvalue weighted by atomic mass is 9.95. The van der Waals surface area contributed by atoms with Gasteiger partial charge in [0.1, 0.15) is 23.2 Å². The van der Waals surface area contributed by atoms with Crippen LogP contribution in [-0.2, 0) is 17.6 Å². The molecule has 3 N–H and O–H groups in total. The van der Waals surface area contributed by atoms with E-state index in [9.17, 15) is 14.7 Å². The smallest absolute Gasteiger partial charge is 0.326 e. The molecule has 0 saturated carbocycles. The number of rotatable bonds is 15. The van der Waals surface area contributed by atoms with E-state index < -0.39 is 12.0 Å². The molecule has 216 valence electrons. The first-order chi connectivity index (χ1) is 19.3. The third-order valence-corrected chi connectivity index (χ3v) is 7.18. The second kappa shape index (κ2) is 14.4. The number of aromatic nitrogens is 4. The lowest BCUT2D eigenvalue weighted by Crippen LogP contribution is -2.33. The molecule has 0 aliphatic heterocycles. The highest BCUT2D eigenvalue weighted by molar-refractivity contribution is 5.78. The number of methoxy groups -OCH3 is 1. The highest BCUT2D eigenvalue weighted by Gasteiger charge is 2.24. The summed E-state index contributed by atoms with van der Waals surface area (Å²) in [5.74, 6) is 1.23. The number of nitrogens with zero attached hydrogens (tertiary/aromatic N) is 4. The van der Waals surface area contributed by atoms with Gasteiger partial charge in [0.15, 0.2) is 0 Å². The highest BCUT2D eigenvalue weighted by atomic mass is 16.5. The van der Waals surface area contributed by atoms with E-state index in [0.29, 0.717) is 35.1 Å². The fraction of sp³-hybridized carbons (Fsp3) is 0.500. The van der Waals surface area contributed by atoms with Crippen LogP contribution < -0.4 is 20.5 Å². The molecule has 40 heavy (non-hydrogen) atoms. The minimum Gasteiger partial charge on any atom is -0.480 e. The van der Waals surface area contributed by atoms with Gasteiger partial charge < -0.3 is 25.0 Å². The fourth-order valence-corrected chi connectivity index (χ4v) is 4.85. The number of carboxylic acids is 1. The van der Waals surface area contributed by atoms with Crippen molar-refractivity contribution in [3.8, 4) is 17.0 Å². The van der Waals surface area contributed by atoms with Gasteiger partial charge in [-0.1, -0.05) is 45.0 Å². The fourth-order valence-electron chi connectivity index (χ4n) is 4.85. The minimum atomic E-state index is -0.976. The Morgan fingerprint density at radius 2 is 1.75 bits per heavy atom. The van der Waals surface area contributed by atoms with Gasteiger partial charge in [-0.15, -0.1) is 0 Å². The molecule has 1 aromatic carbocycles.